The quantitative estimate of drug-likeness (QED) is 0.706. The van der Waals surface area contributed by atoms with Gasteiger partial charge in [0.15, 0.2) is 0 Å². The highest BCUT2D eigenvalue weighted by molar-refractivity contribution is 5.78. The maximum absolute atomic E-state index is 11.7. The second kappa shape index (κ2) is 9.12. The molecule has 3 nitrogen and oxygen atoms in total. The first-order valence-electron chi connectivity index (χ1n) is 7.31. The first kappa shape index (κ1) is 15.2. The fourth-order valence-corrected chi connectivity index (χ4v) is 2.62. The summed E-state index contributed by atoms with van der Waals surface area (Å²) < 4.78 is 4.73. The minimum absolute atomic E-state index is 0.139. The third-order valence-corrected chi connectivity index (χ3v) is 3.83. The molecule has 0 N–H and O–H groups in total. The Labute approximate surface area is 110 Å². The molecule has 0 aromatic heterocycles. The molecule has 0 aliphatic heterocycles. The number of esters is 1. The normalized spacial score (nSPS) is 23.8. The molecule has 0 aromatic rings. The smallest absolute Gasteiger partial charge is 0.305 e. The third kappa shape index (κ3) is 6.77. The Hall–Kier alpha value is -0.860. The number of hydrogen-bond acceptors (Lipinski definition) is 3. The molecule has 1 atom stereocenters. The van der Waals surface area contributed by atoms with E-state index in [4.69, 9.17) is 4.74 Å². The number of Topliss-reactive ketones (excluding diaryl/α,β-unsaturated/α-hetero) is 1. The Morgan fingerprint density at radius 1 is 1.06 bits per heavy atom. The van der Waals surface area contributed by atoms with Gasteiger partial charge in [0.25, 0.3) is 0 Å². The van der Waals surface area contributed by atoms with Gasteiger partial charge in [-0.25, -0.2) is 0 Å². The molecule has 18 heavy (non-hydrogen) atoms. The molecule has 104 valence electrons. The van der Waals surface area contributed by atoms with Crippen molar-refractivity contribution >= 4 is 11.8 Å². The van der Waals surface area contributed by atoms with Gasteiger partial charge in [-0.2, -0.15) is 0 Å². The Bertz CT molecular complexity index is 260. The van der Waals surface area contributed by atoms with Gasteiger partial charge in [-0.15, -0.1) is 0 Å². The van der Waals surface area contributed by atoms with Gasteiger partial charge in [0.1, 0.15) is 5.78 Å². The van der Waals surface area contributed by atoms with Gasteiger partial charge in [0.2, 0.25) is 0 Å². The van der Waals surface area contributed by atoms with Crippen LogP contribution in [-0.4, -0.2) is 18.9 Å². The maximum atomic E-state index is 11.7. The molecule has 0 radical (unpaired) electrons. The Morgan fingerprint density at radius 3 is 2.44 bits per heavy atom. The minimum atomic E-state index is -0.139. The highest BCUT2D eigenvalue weighted by Crippen LogP contribution is 2.22. The van der Waals surface area contributed by atoms with Crippen molar-refractivity contribution in [1.29, 1.82) is 0 Å². The van der Waals surface area contributed by atoms with Gasteiger partial charge in [0.05, 0.1) is 7.11 Å². The summed E-state index contributed by atoms with van der Waals surface area (Å²) in [4.78, 5) is 23.0. The molecular weight excluding hydrogens is 228 g/mol. The summed E-state index contributed by atoms with van der Waals surface area (Å²) in [6.07, 6.45) is 10.9. The number of carbonyl (C=O) groups excluding carboxylic acids is 2. The number of ether oxygens (including phenoxy) is 1. The largest absolute Gasteiger partial charge is 0.469 e. The molecule has 0 bridgehead atoms. The molecule has 1 saturated carbocycles. The molecule has 3 heteroatoms. The van der Waals surface area contributed by atoms with Gasteiger partial charge < -0.3 is 4.74 Å². The summed E-state index contributed by atoms with van der Waals surface area (Å²) in [5.74, 6) is 0.561. The first-order chi connectivity index (χ1) is 8.72. The van der Waals surface area contributed by atoms with Crippen LogP contribution >= 0.6 is 0 Å². The monoisotopic (exact) mass is 254 g/mol. The lowest BCUT2D eigenvalue weighted by Crippen LogP contribution is -2.12. The predicted molar refractivity (Wildman–Crippen MR) is 71.3 cm³/mol. The lowest BCUT2D eigenvalue weighted by Gasteiger charge is -2.16. The van der Waals surface area contributed by atoms with Crippen LogP contribution < -0.4 is 0 Å². The van der Waals surface area contributed by atoms with Gasteiger partial charge in [-0.05, 0) is 25.2 Å². The highest BCUT2D eigenvalue weighted by atomic mass is 16.5. The highest BCUT2D eigenvalue weighted by Gasteiger charge is 2.16. The van der Waals surface area contributed by atoms with E-state index >= 15 is 0 Å². The van der Waals surface area contributed by atoms with Crippen LogP contribution in [0.2, 0.25) is 0 Å². The van der Waals surface area contributed by atoms with Crippen LogP contribution in [0.3, 0.4) is 0 Å². The number of ketones is 1. The molecule has 1 aliphatic rings. The van der Waals surface area contributed by atoms with E-state index in [1.54, 1.807) is 0 Å². The van der Waals surface area contributed by atoms with Crippen molar-refractivity contribution in [3.05, 3.63) is 0 Å². The molecule has 0 amide bonds. The average Bonchev–Trinajstić information content (AvgIpc) is 2.36. The Morgan fingerprint density at radius 2 is 1.72 bits per heavy atom. The second-order valence-electron chi connectivity index (χ2n) is 5.38. The zero-order valence-electron chi connectivity index (χ0n) is 11.6. The zero-order valence-corrected chi connectivity index (χ0v) is 11.6. The van der Waals surface area contributed by atoms with Gasteiger partial charge in [-0.1, -0.05) is 32.1 Å². The lowest BCUT2D eigenvalue weighted by atomic mass is 9.90. The van der Waals surface area contributed by atoms with Crippen molar-refractivity contribution in [3.8, 4) is 0 Å². The second-order valence-corrected chi connectivity index (χ2v) is 5.38. The van der Waals surface area contributed by atoms with Gasteiger partial charge in [0, 0.05) is 19.3 Å². The molecule has 0 spiro atoms. The van der Waals surface area contributed by atoms with Crippen LogP contribution in [0.1, 0.15) is 70.6 Å². The van der Waals surface area contributed by atoms with Crippen LogP contribution in [0.4, 0.5) is 0 Å². The van der Waals surface area contributed by atoms with E-state index in [2.05, 4.69) is 0 Å². The van der Waals surface area contributed by atoms with E-state index in [1.165, 1.54) is 39.2 Å². The fourth-order valence-electron chi connectivity index (χ4n) is 2.62. The summed E-state index contributed by atoms with van der Waals surface area (Å²) in [6.45, 7) is 0. The van der Waals surface area contributed by atoms with Gasteiger partial charge >= 0.3 is 5.97 Å². The molecule has 0 aromatic carbocycles. The summed E-state index contributed by atoms with van der Waals surface area (Å²) in [5, 5.41) is 0. The average molecular weight is 254 g/mol. The number of rotatable bonds is 2. The van der Waals surface area contributed by atoms with Crippen molar-refractivity contribution in [2.75, 3.05) is 7.11 Å². The number of methoxy groups -OCH3 is 1. The van der Waals surface area contributed by atoms with Crippen LogP contribution in [0.25, 0.3) is 0 Å². The Balaban J connectivity index is 2.41. The third-order valence-electron chi connectivity index (χ3n) is 3.83. The standard InChI is InChI=1S/C15H26O3/c1-18-15(17)12-13-8-6-4-2-3-5-7-9-14(16)11-10-13/h13H,2-12H2,1H3. The van der Waals surface area contributed by atoms with Crippen LogP contribution in [0.5, 0.6) is 0 Å². The van der Waals surface area contributed by atoms with Crippen molar-refractivity contribution in [3.63, 3.8) is 0 Å². The minimum Gasteiger partial charge on any atom is -0.469 e. The SMILES string of the molecule is COC(=O)CC1CCCCCCCCC(=O)CC1. The van der Waals surface area contributed by atoms with Crippen LogP contribution in [-0.2, 0) is 14.3 Å². The van der Waals surface area contributed by atoms with E-state index in [9.17, 15) is 9.59 Å². The fraction of sp³-hybridized carbons (Fsp3) is 0.867. The molecular formula is C15H26O3. The Kier molecular flexibility index (Phi) is 7.70. The van der Waals surface area contributed by atoms with E-state index in [0.29, 0.717) is 24.5 Å². The van der Waals surface area contributed by atoms with E-state index < -0.39 is 0 Å². The molecule has 1 aliphatic carbocycles. The van der Waals surface area contributed by atoms with Gasteiger partial charge in [-0.3, -0.25) is 9.59 Å². The van der Waals surface area contributed by atoms with Crippen molar-refractivity contribution in [2.45, 2.75) is 70.6 Å². The van der Waals surface area contributed by atoms with E-state index in [0.717, 1.165) is 25.7 Å². The lowest BCUT2D eigenvalue weighted by molar-refractivity contribution is -0.142. The summed E-state index contributed by atoms with van der Waals surface area (Å²) >= 11 is 0. The predicted octanol–water partition coefficient (Wildman–Crippen LogP) is 3.65. The topological polar surface area (TPSA) is 43.4 Å². The summed E-state index contributed by atoms with van der Waals surface area (Å²) in [7, 11) is 1.43. The number of hydrogen-bond donors (Lipinski definition) is 0. The molecule has 1 unspecified atom stereocenters. The number of carbonyl (C=O) groups is 2. The van der Waals surface area contributed by atoms with E-state index in [1.807, 2.05) is 0 Å². The van der Waals surface area contributed by atoms with Crippen molar-refractivity contribution in [1.82, 2.24) is 0 Å². The molecule has 1 fully saturated rings. The van der Waals surface area contributed by atoms with Crippen LogP contribution in [0.15, 0.2) is 0 Å². The molecule has 1 rings (SSSR count). The first-order valence-corrected chi connectivity index (χ1v) is 7.31. The van der Waals surface area contributed by atoms with E-state index in [-0.39, 0.29) is 5.97 Å². The summed E-state index contributed by atoms with van der Waals surface area (Å²) in [6, 6.07) is 0. The molecule has 0 saturated heterocycles. The van der Waals surface area contributed by atoms with Crippen molar-refractivity contribution in [2.24, 2.45) is 5.92 Å². The maximum Gasteiger partial charge on any atom is 0.305 e. The zero-order chi connectivity index (χ0) is 13.2. The summed E-state index contributed by atoms with van der Waals surface area (Å²) in [5.41, 5.74) is 0. The van der Waals surface area contributed by atoms with Crippen molar-refractivity contribution < 1.29 is 14.3 Å². The van der Waals surface area contributed by atoms with Crippen LogP contribution in [0, 0.1) is 5.92 Å². The molecule has 0 heterocycles.